The van der Waals surface area contributed by atoms with E-state index in [9.17, 15) is 27.3 Å². The molecular formula is C13H16F2N2O5S. The number of sulfone groups is 1. The number of rotatable bonds is 7. The number of hydrogen-bond acceptors (Lipinski definition) is 6. The lowest BCUT2D eigenvalue weighted by Gasteiger charge is -2.40. The van der Waals surface area contributed by atoms with Crippen LogP contribution in [0.15, 0.2) is 23.1 Å². The van der Waals surface area contributed by atoms with Gasteiger partial charge in [0.1, 0.15) is 5.69 Å². The Bertz CT molecular complexity index is 699. The fraction of sp³-hybridized carbons (Fsp3) is 0.538. The van der Waals surface area contributed by atoms with Gasteiger partial charge in [0, 0.05) is 19.7 Å². The van der Waals surface area contributed by atoms with Crippen molar-refractivity contribution in [3.63, 3.8) is 0 Å². The van der Waals surface area contributed by atoms with Crippen LogP contribution in [0, 0.1) is 10.1 Å². The zero-order valence-electron chi connectivity index (χ0n) is 12.3. The summed E-state index contributed by atoms with van der Waals surface area (Å²) in [6, 6.07) is 2.69. The highest BCUT2D eigenvalue weighted by molar-refractivity contribution is 7.91. The molecule has 2 rings (SSSR count). The van der Waals surface area contributed by atoms with Gasteiger partial charge in [0.25, 0.3) is 5.69 Å². The van der Waals surface area contributed by atoms with Gasteiger partial charge in [0.15, 0.2) is 0 Å². The van der Waals surface area contributed by atoms with E-state index in [1.54, 1.807) is 7.11 Å². The minimum atomic E-state index is -4.88. The molecule has 128 valence electrons. The molecule has 1 aromatic carbocycles. The average molecular weight is 350 g/mol. The molecule has 1 saturated carbocycles. The average Bonchev–Trinajstić information content (AvgIpc) is 2.46. The standard InChI is InChI=1S/C13H16F2N2O5S/c1-22-13(5-2-6-13)8-16-10-4-3-9(7-11(10)17(18)19)23(20,21)12(14)15/h3-4,7,12,16H,2,5-6,8H2,1H3. The maximum absolute atomic E-state index is 12.5. The molecule has 10 heteroatoms. The van der Waals surface area contributed by atoms with Crippen molar-refractivity contribution in [2.24, 2.45) is 0 Å². The monoisotopic (exact) mass is 350 g/mol. The SMILES string of the molecule is COC1(CNc2ccc(S(=O)(=O)C(F)F)cc2[N+](=O)[O-])CCC1. The topological polar surface area (TPSA) is 98.5 Å². The molecule has 0 heterocycles. The molecule has 0 amide bonds. The lowest BCUT2D eigenvalue weighted by Crippen LogP contribution is -2.45. The van der Waals surface area contributed by atoms with E-state index in [0.717, 1.165) is 31.4 Å². The molecular weight excluding hydrogens is 334 g/mol. The summed E-state index contributed by atoms with van der Waals surface area (Å²) in [5.41, 5.74) is -0.912. The Kier molecular flexibility index (Phi) is 4.85. The van der Waals surface area contributed by atoms with Gasteiger partial charge in [-0.1, -0.05) is 0 Å². The minimum absolute atomic E-state index is 0.0616. The second kappa shape index (κ2) is 6.36. The summed E-state index contributed by atoms with van der Waals surface area (Å²) in [6.45, 7) is 0.311. The van der Waals surface area contributed by atoms with Crippen molar-refractivity contribution < 1.29 is 26.9 Å². The lowest BCUT2D eigenvalue weighted by atomic mass is 9.80. The molecule has 0 bridgehead atoms. The molecule has 0 radical (unpaired) electrons. The van der Waals surface area contributed by atoms with E-state index in [2.05, 4.69) is 5.32 Å². The summed E-state index contributed by atoms with van der Waals surface area (Å²) < 4.78 is 53.3. The molecule has 0 atom stereocenters. The van der Waals surface area contributed by atoms with Crippen molar-refractivity contribution in [1.29, 1.82) is 0 Å². The fourth-order valence-corrected chi connectivity index (χ4v) is 3.11. The van der Waals surface area contributed by atoms with Crippen molar-refractivity contribution in [3.05, 3.63) is 28.3 Å². The number of halogens is 2. The Morgan fingerprint density at radius 1 is 1.43 bits per heavy atom. The first kappa shape index (κ1) is 17.5. The van der Waals surface area contributed by atoms with E-state index in [-0.39, 0.29) is 5.69 Å². The van der Waals surface area contributed by atoms with Gasteiger partial charge in [-0.2, -0.15) is 8.78 Å². The first-order valence-corrected chi connectivity index (χ1v) is 8.36. The van der Waals surface area contributed by atoms with E-state index < -0.39 is 36.7 Å². The Labute approximate surface area is 131 Å². The molecule has 0 saturated heterocycles. The van der Waals surface area contributed by atoms with Gasteiger partial charge < -0.3 is 10.1 Å². The van der Waals surface area contributed by atoms with Crippen LogP contribution in [0.3, 0.4) is 0 Å². The maximum atomic E-state index is 12.5. The highest BCUT2D eigenvalue weighted by atomic mass is 32.2. The second-order valence-corrected chi connectivity index (χ2v) is 7.25. The molecule has 0 spiro atoms. The zero-order valence-corrected chi connectivity index (χ0v) is 13.1. The number of ether oxygens (including phenoxy) is 1. The molecule has 0 aromatic heterocycles. The maximum Gasteiger partial charge on any atom is 0.341 e. The number of nitro groups is 1. The summed E-state index contributed by atoms with van der Waals surface area (Å²) >= 11 is 0. The van der Waals surface area contributed by atoms with E-state index in [1.807, 2.05) is 0 Å². The number of methoxy groups -OCH3 is 1. The van der Waals surface area contributed by atoms with Crippen LogP contribution in [0.25, 0.3) is 0 Å². The second-order valence-electron chi connectivity index (χ2n) is 5.34. The Morgan fingerprint density at radius 2 is 2.09 bits per heavy atom. The normalized spacial score (nSPS) is 16.9. The van der Waals surface area contributed by atoms with Crippen LogP contribution in [0.1, 0.15) is 19.3 Å². The van der Waals surface area contributed by atoms with Crippen molar-refractivity contribution in [1.82, 2.24) is 0 Å². The number of alkyl halides is 2. The van der Waals surface area contributed by atoms with Crippen LogP contribution in [-0.4, -0.2) is 38.4 Å². The smallest absolute Gasteiger partial charge is 0.341 e. The molecule has 1 fully saturated rings. The molecule has 1 N–H and O–H groups in total. The van der Waals surface area contributed by atoms with Crippen LogP contribution in [0.2, 0.25) is 0 Å². The van der Waals surface area contributed by atoms with Crippen molar-refractivity contribution in [3.8, 4) is 0 Å². The number of nitrogens with zero attached hydrogens (tertiary/aromatic N) is 1. The van der Waals surface area contributed by atoms with Crippen molar-refractivity contribution >= 4 is 21.2 Å². The van der Waals surface area contributed by atoms with Gasteiger partial charge in [-0.3, -0.25) is 10.1 Å². The van der Waals surface area contributed by atoms with Crippen LogP contribution in [-0.2, 0) is 14.6 Å². The first-order valence-electron chi connectivity index (χ1n) is 6.81. The summed E-state index contributed by atoms with van der Waals surface area (Å²) in [4.78, 5) is 9.51. The highest BCUT2D eigenvalue weighted by Crippen LogP contribution is 2.36. The van der Waals surface area contributed by atoms with Crippen molar-refractivity contribution in [2.45, 2.75) is 35.5 Å². The minimum Gasteiger partial charge on any atom is -0.377 e. The largest absolute Gasteiger partial charge is 0.377 e. The predicted octanol–water partition coefficient (Wildman–Crippen LogP) is 2.57. The van der Waals surface area contributed by atoms with Gasteiger partial charge in [-0.25, -0.2) is 8.42 Å². The molecule has 1 aliphatic rings. The molecule has 1 aromatic rings. The van der Waals surface area contributed by atoms with Crippen LogP contribution >= 0.6 is 0 Å². The van der Waals surface area contributed by atoms with Gasteiger partial charge in [-0.15, -0.1) is 0 Å². The summed E-state index contributed by atoms with van der Waals surface area (Å²) in [7, 11) is -3.33. The van der Waals surface area contributed by atoms with E-state index >= 15 is 0 Å². The summed E-state index contributed by atoms with van der Waals surface area (Å²) in [5, 5.41) is 13.9. The molecule has 0 aliphatic heterocycles. The third kappa shape index (κ3) is 3.42. The van der Waals surface area contributed by atoms with Gasteiger partial charge in [0.2, 0.25) is 9.84 Å². The Hall–Kier alpha value is -1.81. The van der Waals surface area contributed by atoms with Crippen LogP contribution < -0.4 is 5.32 Å². The predicted molar refractivity (Wildman–Crippen MR) is 78.4 cm³/mol. The fourth-order valence-electron chi connectivity index (χ4n) is 2.37. The molecule has 1 aliphatic carbocycles. The Balaban J connectivity index is 2.29. The molecule has 7 nitrogen and oxygen atoms in total. The summed E-state index contributed by atoms with van der Waals surface area (Å²) in [6.07, 6.45) is 2.60. The highest BCUT2D eigenvalue weighted by Gasteiger charge is 2.37. The molecule has 0 unspecified atom stereocenters. The van der Waals surface area contributed by atoms with Crippen molar-refractivity contribution in [2.75, 3.05) is 19.0 Å². The lowest BCUT2D eigenvalue weighted by molar-refractivity contribution is -0.384. The summed E-state index contributed by atoms with van der Waals surface area (Å²) in [5.74, 6) is -3.63. The van der Waals surface area contributed by atoms with E-state index in [0.29, 0.717) is 12.6 Å². The number of nitro benzene ring substituents is 1. The third-order valence-corrected chi connectivity index (χ3v) is 5.41. The van der Waals surface area contributed by atoms with Gasteiger partial charge in [0.05, 0.1) is 15.4 Å². The Morgan fingerprint density at radius 3 is 2.52 bits per heavy atom. The van der Waals surface area contributed by atoms with Gasteiger partial charge >= 0.3 is 5.76 Å². The third-order valence-electron chi connectivity index (χ3n) is 4.03. The quantitative estimate of drug-likeness (QED) is 0.599. The number of hydrogen-bond donors (Lipinski definition) is 1. The zero-order chi connectivity index (χ0) is 17.3. The number of nitrogens with one attached hydrogen (secondary N) is 1. The van der Waals surface area contributed by atoms with Crippen LogP contribution in [0.4, 0.5) is 20.2 Å². The van der Waals surface area contributed by atoms with E-state index in [1.165, 1.54) is 0 Å². The van der Waals surface area contributed by atoms with Gasteiger partial charge in [-0.05, 0) is 31.4 Å². The number of benzene rings is 1. The molecule has 23 heavy (non-hydrogen) atoms. The number of anilines is 1. The van der Waals surface area contributed by atoms with Crippen LogP contribution in [0.5, 0.6) is 0 Å². The first-order chi connectivity index (χ1) is 10.7. The van der Waals surface area contributed by atoms with E-state index in [4.69, 9.17) is 4.74 Å².